The third-order valence-electron chi connectivity index (χ3n) is 0.704. The van der Waals surface area contributed by atoms with Crippen LogP contribution in [0.1, 0.15) is 13.8 Å². The fourth-order valence-corrected chi connectivity index (χ4v) is 0.256. The van der Waals surface area contributed by atoms with Gasteiger partial charge in [0.2, 0.25) is 0 Å². The van der Waals surface area contributed by atoms with E-state index < -0.39 is 0 Å². The summed E-state index contributed by atoms with van der Waals surface area (Å²) in [5.41, 5.74) is 0. The van der Waals surface area contributed by atoms with Crippen LogP contribution in [0.2, 0.25) is 0 Å². The first-order valence-electron chi connectivity index (χ1n) is 2.68. The Balaban J connectivity index is 3.10. The Bertz CT molecular complexity index is 68.9. The SMILES string of the molecule is CC=COC(C)CO. The third-order valence-corrected chi connectivity index (χ3v) is 0.704. The van der Waals surface area contributed by atoms with Crippen molar-refractivity contribution in [1.29, 1.82) is 0 Å². The Hall–Kier alpha value is -0.500. The normalized spacial score (nSPS) is 14.4. The van der Waals surface area contributed by atoms with E-state index >= 15 is 0 Å². The zero-order valence-corrected chi connectivity index (χ0v) is 5.29. The average molecular weight is 116 g/mol. The zero-order valence-electron chi connectivity index (χ0n) is 5.29. The van der Waals surface area contributed by atoms with E-state index in [0.29, 0.717) is 0 Å². The molecule has 8 heavy (non-hydrogen) atoms. The lowest BCUT2D eigenvalue weighted by Gasteiger charge is -2.04. The Morgan fingerprint density at radius 1 is 1.75 bits per heavy atom. The summed E-state index contributed by atoms with van der Waals surface area (Å²) in [6, 6.07) is 0. The second kappa shape index (κ2) is 4.65. The molecule has 0 saturated heterocycles. The lowest BCUT2D eigenvalue weighted by molar-refractivity contribution is 0.0914. The van der Waals surface area contributed by atoms with E-state index in [1.165, 1.54) is 0 Å². The first-order valence-corrected chi connectivity index (χ1v) is 2.68. The summed E-state index contributed by atoms with van der Waals surface area (Å²) in [5.74, 6) is 0. The van der Waals surface area contributed by atoms with Crippen LogP contribution in [0.25, 0.3) is 0 Å². The minimum absolute atomic E-state index is 0.0737. The van der Waals surface area contributed by atoms with Crippen LogP contribution >= 0.6 is 0 Å². The van der Waals surface area contributed by atoms with Crippen molar-refractivity contribution in [2.75, 3.05) is 6.61 Å². The molecule has 0 heterocycles. The Morgan fingerprint density at radius 2 is 2.38 bits per heavy atom. The third kappa shape index (κ3) is 3.68. The Labute approximate surface area is 49.8 Å². The van der Waals surface area contributed by atoms with E-state index in [-0.39, 0.29) is 12.7 Å². The van der Waals surface area contributed by atoms with Gasteiger partial charge in [-0.1, -0.05) is 6.08 Å². The number of allylic oxidation sites excluding steroid dienone is 1. The monoisotopic (exact) mass is 116 g/mol. The molecule has 1 atom stereocenters. The molecule has 0 aliphatic carbocycles. The summed E-state index contributed by atoms with van der Waals surface area (Å²) < 4.78 is 4.91. The van der Waals surface area contributed by atoms with Gasteiger partial charge in [0.15, 0.2) is 0 Å². The minimum atomic E-state index is -0.0776. The molecular formula is C6H12O2. The topological polar surface area (TPSA) is 29.5 Å². The highest BCUT2D eigenvalue weighted by Crippen LogP contribution is 1.87. The van der Waals surface area contributed by atoms with Crippen LogP contribution in [0.15, 0.2) is 12.3 Å². The molecule has 0 aromatic rings. The Kier molecular flexibility index (Phi) is 4.36. The molecule has 0 spiro atoms. The number of aliphatic hydroxyl groups excluding tert-OH is 1. The number of hydrogen-bond acceptors (Lipinski definition) is 2. The summed E-state index contributed by atoms with van der Waals surface area (Å²) in [7, 11) is 0. The van der Waals surface area contributed by atoms with Gasteiger partial charge in [-0.2, -0.15) is 0 Å². The predicted molar refractivity (Wildman–Crippen MR) is 32.4 cm³/mol. The molecular weight excluding hydrogens is 104 g/mol. The van der Waals surface area contributed by atoms with Gasteiger partial charge in [-0.3, -0.25) is 0 Å². The largest absolute Gasteiger partial charge is 0.496 e. The summed E-state index contributed by atoms with van der Waals surface area (Å²) in [5, 5.41) is 8.40. The maximum absolute atomic E-state index is 8.40. The molecule has 0 aliphatic heterocycles. The van der Waals surface area contributed by atoms with E-state index in [1.54, 1.807) is 19.3 Å². The molecule has 0 radical (unpaired) electrons. The van der Waals surface area contributed by atoms with Gasteiger partial charge in [-0.15, -0.1) is 0 Å². The number of rotatable bonds is 3. The van der Waals surface area contributed by atoms with Crippen molar-refractivity contribution >= 4 is 0 Å². The maximum Gasteiger partial charge on any atom is 0.118 e. The van der Waals surface area contributed by atoms with Gasteiger partial charge in [-0.25, -0.2) is 0 Å². The van der Waals surface area contributed by atoms with Crippen molar-refractivity contribution in [1.82, 2.24) is 0 Å². The maximum atomic E-state index is 8.40. The molecule has 1 unspecified atom stereocenters. The Morgan fingerprint density at radius 3 is 2.75 bits per heavy atom. The summed E-state index contributed by atoms with van der Waals surface area (Å²) in [6.45, 7) is 3.74. The molecule has 0 fully saturated rings. The molecule has 48 valence electrons. The van der Waals surface area contributed by atoms with Crippen LogP contribution < -0.4 is 0 Å². The number of ether oxygens (including phenoxy) is 1. The van der Waals surface area contributed by atoms with Crippen molar-refractivity contribution in [3.8, 4) is 0 Å². The first kappa shape index (κ1) is 7.50. The van der Waals surface area contributed by atoms with Crippen molar-refractivity contribution in [3.63, 3.8) is 0 Å². The van der Waals surface area contributed by atoms with Crippen LogP contribution in [0.4, 0.5) is 0 Å². The molecule has 0 rings (SSSR count). The minimum Gasteiger partial charge on any atom is -0.496 e. The highest BCUT2D eigenvalue weighted by atomic mass is 16.5. The second-order valence-electron chi connectivity index (χ2n) is 1.60. The van der Waals surface area contributed by atoms with Gasteiger partial charge in [0.05, 0.1) is 12.9 Å². The van der Waals surface area contributed by atoms with Crippen LogP contribution in [0.3, 0.4) is 0 Å². The molecule has 2 heteroatoms. The lowest BCUT2D eigenvalue weighted by Crippen LogP contribution is -2.08. The van der Waals surface area contributed by atoms with Crippen LogP contribution in [0, 0.1) is 0 Å². The van der Waals surface area contributed by atoms with E-state index in [9.17, 15) is 0 Å². The summed E-state index contributed by atoms with van der Waals surface area (Å²) in [6.07, 6.45) is 3.28. The molecule has 0 saturated carbocycles. The van der Waals surface area contributed by atoms with Gasteiger partial charge in [0.25, 0.3) is 0 Å². The van der Waals surface area contributed by atoms with Crippen LogP contribution in [-0.2, 0) is 4.74 Å². The van der Waals surface area contributed by atoms with Crippen molar-refractivity contribution < 1.29 is 9.84 Å². The molecule has 0 aromatic heterocycles. The fraction of sp³-hybridized carbons (Fsp3) is 0.667. The van der Waals surface area contributed by atoms with E-state index in [0.717, 1.165) is 0 Å². The van der Waals surface area contributed by atoms with E-state index in [4.69, 9.17) is 9.84 Å². The number of hydrogen-bond donors (Lipinski definition) is 1. The molecule has 2 nitrogen and oxygen atoms in total. The van der Waals surface area contributed by atoms with Gasteiger partial charge < -0.3 is 9.84 Å². The van der Waals surface area contributed by atoms with Gasteiger partial charge >= 0.3 is 0 Å². The molecule has 0 bridgehead atoms. The van der Waals surface area contributed by atoms with E-state index in [2.05, 4.69) is 0 Å². The first-order chi connectivity index (χ1) is 3.81. The van der Waals surface area contributed by atoms with Crippen LogP contribution in [0.5, 0.6) is 0 Å². The van der Waals surface area contributed by atoms with E-state index in [1.807, 2.05) is 6.92 Å². The van der Waals surface area contributed by atoms with Crippen LogP contribution in [-0.4, -0.2) is 17.8 Å². The van der Waals surface area contributed by atoms with Gasteiger partial charge in [0, 0.05) is 0 Å². The molecule has 0 amide bonds. The summed E-state index contributed by atoms with van der Waals surface area (Å²) in [4.78, 5) is 0. The highest BCUT2D eigenvalue weighted by Gasteiger charge is 1.92. The van der Waals surface area contributed by atoms with Gasteiger partial charge in [-0.05, 0) is 13.8 Å². The predicted octanol–water partition coefficient (Wildman–Crippen LogP) is 0.917. The van der Waals surface area contributed by atoms with Crippen molar-refractivity contribution in [2.24, 2.45) is 0 Å². The molecule has 0 aliphatic rings. The average Bonchev–Trinajstić information content (AvgIpc) is 1.83. The summed E-state index contributed by atoms with van der Waals surface area (Å²) >= 11 is 0. The molecule has 1 N–H and O–H groups in total. The second-order valence-corrected chi connectivity index (χ2v) is 1.60. The molecule has 0 aromatic carbocycles. The smallest absolute Gasteiger partial charge is 0.118 e. The zero-order chi connectivity index (χ0) is 6.41. The fourth-order valence-electron chi connectivity index (χ4n) is 0.256. The highest BCUT2D eigenvalue weighted by molar-refractivity contribution is 4.66. The standard InChI is InChI=1S/C6H12O2/c1-3-4-8-6(2)5-7/h3-4,6-7H,5H2,1-2H3. The lowest BCUT2D eigenvalue weighted by atomic mass is 10.4. The van der Waals surface area contributed by atoms with Gasteiger partial charge in [0.1, 0.15) is 6.10 Å². The quantitative estimate of drug-likeness (QED) is 0.555. The number of aliphatic hydroxyl groups is 1. The van der Waals surface area contributed by atoms with Crippen molar-refractivity contribution in [3.05, 3.63) is 12.3 Å². The van der Waals surface area contributed by atoms with Crippen molar-refractivity contribution in [2.45, 2.75) is 20.0 Å².